The lowest BCUT2D eigenvalue weighted by Crippen LogP contribution is -2.31. The predicted molar refractivity (Wildman–Crippen MR) is 39.6 cm³/mol. The smallest absolute Gasteiger partial charge is 0.155 e. The summed E-state index contributed by atoms with van der Waals surface area (Å²) in [5, 5.41) is 9.16. The van der Waals surface area contributed by atoms with Crippen LogP contribution in [0.15, 0.2) is 0 Å². The second-order valence-electron chi connectivity index (χ2n) is 3.20. The van der Waals surface area contributed by atoms with Gasteiger partial charge in [0.1, 0.15) is 0 Å². The Hall–Kier alpha value is -0.0800. The average Bonchev–Trinajstić information content (AvgIpc) is 1.85. The Morgan fingerprint density at radius 3 is 2.70 bits per heavy atom. The third-order valence-corrected chi connectivity index (χ3v) is 2.07. The molecule has 0 spiro atoms. The minimum atomic E-state index is -0.506. The topological polar surface area (TPSA) is 29.5 Å². The molecule has 0 unspecified atom stereocenters. The van der Waals surface area contributed by atoms with E-state index in [4.69, 9.17) is 9.84 Å². The lowest BCUT2D eigenvalue weighted by atomic mass is 9.96. The molecule has 0 aromatic heterocycles. The Labute approximate surface area is 62.2 Å². The van der Waals surface area contributed by atoms with E-state index >= 15 is 0 Å². The Morgan fingerprint density at radius 1 is 1.50 bits per heavy atom. The first-order valence-electron chi connectivity index (χ1n) is 4.06. The average molecular weight is 144 g/mol. The fourth-order valence-electron chi connectivity index (χ4n) is 1.49. The van der Waals surface area contributed by atoms with Crippen molar-refractivity contribution in [1.29, 1.82) is 0 Å². The highest BCUT2D eigenvalue weighted by molar-refractivity contribution is 4.68. The van der Waals surface area contributed by atoms with Gasteiger partial charge in [-0.3, -0.25) is 0 Å². The summed E-state index contributed by atoms with van der Waals surface area (Å²) in [6.45, 7) is 4.25. The van der Waals surface area contributed by atoms with Crippen LogP contribution in [0.3, 0.4) is 0 Å². The van der Waals surface area contributed by atoms with E-state index in [0.29, 0.717) is 12.0 Å². The Kier molecular flexibility index (Phi) is 2.69. The number of aliphatic hydroxyl groups is 1. The van der Waals surface area contributed by atoms with Crippen LogP contribution < -0.4 is 0 Å². The summed E-state index contributed by atoms with van der Waals surface area (Å²) in [7, 11) is 0. The van der Waals surface area contributed by atoms with Crippen molar-refractivity contribution < 1.29 is 9.84 Å². The van der Waals surface area contributed by atoms with Crippen LogP contribution >= 0.6 is 0 Å². The molecule has 0 amide bonds. The first kappa shape index (κ1) is 8.02. The molecule has 1 N–H and O–H groups in total. The van der Waals surface area contributed by atoms with Crippen molar-refractivity contribution in [3.05, 3.63) is 0 Å². The van der Waals surface area contributed by atoms with Crippen molar-refractivity contribution in [2.24, 2.45) is 5.92 Å². The van der Waals surface area contributed by atoms with Gasteiger partial charge in [-0.1, -0.05) is 13.8 Å². The molecule has 1 saturated heterocycles. The summed E-state index contributed by atoms with van der Waals surface area (Å²) in [5.74, 6) is 0.619. The molecule has 1 aliphatic heterocycles. The summed E-state index contributed by atoms with van der Waals surface area (Å²) < 4.78 is 5.26. The molecule has 0 saturated carbocycles. The summed E-state index contributed by atoms with van der Waals surface area (Å²) >= 11 is 0. The Bertz CT molecular complexity index is 93.4. The molecule has 2 nitrogen and oxygen atoms in total. The maximum atomic E-state index is 9.16. The van der Waals surface area contributed by atoms with Gasteiger partial charge in [-0.15, -0.1) is 0 Å². The van der Waals surface area contributed by atoms with E-state index in [0.717, 1.165) is 19.3 Å². The van der Waals surface area contributed by atoms with Crippen LogP contribution in [0.1, 0.15) is 33.1 Å². The van der Waals surface area contributed by atoms with Crippen molar-refractivity contribution in [1.82, 2.24) is 0 Å². The summed E-state index contributed by atoms with van der Waals surface area (Å²) in [4.78, 5) is 0. The first-order valence-corrected chi connectivity index (χ1v) is 4.06. The van der Waals surface area contributed by atoms with Crippen molar-refractivity contribution in [2.75, 3.05) is 0 Å². The van der Waals surface area contributed by atoms with Gasteiger partial charge in [0, 0.05) is 6.42 Å². The van der Waals surface area contributed by atoms with Crippen LogP contribution in [0.5, 0.6) is 0 Å². The second kappa shape index (κ2) is 3.35. The van der Waals surface area contributed by atoms with E-state index in [9.17, 15) is 0 Å². The van der Waals surface area contributed by atoms with Crippen LogP contribution in [-0.2, 0) is 4.74 Å². The molecule has 1 rings (SSSR count). The lowest BCUT2D eigenvalue weighted by molar-refractivity contribution is -0.175. The molecule has 3 atom stereocenters. The molecule has 0 aliphatic carbocycles. The molecule has 0 radical (unpaired) electrons. The minimum Gasteiger partial charge on any atom is -0.368 e. The number of rotatable bonds is 1. The standard InChI is InChI=1S/C8H16O2/c1-3-7-4-6(2)5-8(9)10-7/h6-9H,3-5H2,1-2H3/t6-,7+,8+/m0/s1. The monoisotopic (exact) mass is 144 g/mol. The SMILES string of the molecule is CC[C@@H]1C[C@H](C)C[C@H](O)O1. The fourth-order valence-corrected chi connectivity index (χ4v) is 1.49. The summed E-state index contributed by atoms with van der Waals surface area (Å²) in [6.07, 6.45) is 2.71. The highest BCUT2D eigenvalue weighted by Crippen LogP contribution is 2.24. The predicted octanol–water partition coefficient (Wildman–Crippen LogP) is 1.53. The van der Waals surface area contributed by atoms with E-state index in [1.54, 1.807) is 0 Å². The quantitative estimate of drug-likeness (QED) is 0.604. The molecular formula is C8H16O2. The van der Waals surface area contributed by atoms with Gasteiger partial charge in [0.15, 0.2) is 6.29 Å². The summed E-state index contributed by atoms with van der Waals surface area (Å²) in [6, 6.07) is 0. The van der Waals surface area contributed by atoms with E-state index in [-0.39, 0.29) is 0 Å². The Morgan fingerprint density at radius 2 is 2.20 bits per heavy atom. The van der Waals surface area contributed by atoms with Crippen LogP contribution in [0.2, 0.25) is 0 Å². The fraction of sp³-hybridized carbons (Fsp3) is 1.00. The third kappa shape index (κ3) is 1.96. The van der Waals surface area contributed by atoms with Crippen molar-refractivity contribution >= 4 is 0 Å². The molecule has 1 fully saturated rings. The van der Waals surface area contributed by atoms with Crippen molar-refractivity contribution in [3.63, 3.8) is 0 Å². The molecule has 10 heavy (non-hydrogen) atoms. The number of hydrogen-bond acceptors (Lipinski definition) is 2. The van der Waals surface area contributed by atoms with Crippen LogP contribution in [0.4, 0.5) is 0 Å². The molecule has 2 heteroatoms. The first-order chi connectivity index (χ1) is 4.72. The van der Waals surface area contributed by atoms with E-state index in [1.807, 2.05) is 0 Å². The zero-order valence-electron chi connectivity index (χ0n) is 6.71. The van der Waals surface area contributed by atoms with Gasteiger partial charge in [-0.2, -0.15) is 0 Å². The van der Waals surface area contributed by atoms with Crippen LogP contribution in [0.25, 0.3) is 0 Å². The molecule has 0 aromatic carbocycles. The minimum absolute atomic E-state index is 0.291. The largest absolute Gasteiger partial charge is 0.368 e. The van der Waals surface area contributed by atoms with Crippen molar-refractivity contribution in [3.8, 4) is 0 Å². The molecule has 0 aromatic rings. The van der Waals surface area contributed by atoms with E-state index < -0.39 is 6.29 Å². The maximum Gasteiger partial charge on any atom is 0.155 e. The molecule has 60 valence electrons. The van der Waals surface area contributed by atoms with Crippen LogP contribution in [0, 0.1) is 5.92 Å². The van der Waals surface area contributed by atoms with Crippen molar-refractivity contribution in [2.45, 2.75) is 45.5 Å². The highest BCUT2D eigenvalue weighted by Gasteiger charge is 2.23. The van der Waals surface area contributed by atoms with Gasteiger partial charge >= 0.3 is 0 Å². The van der Waals surface area contributed by atoms with Gasteiger partial charge in [-0.05, 0) is 18.8 Å². The van der Waals surface area contributed by atoms with Gasteiger partial charge < -0.3 is 9.84 Å². The molecule has 1 heterocycles. The zero-order chi connectivity index (χ0) is 7.56. The molecular weight excluding hydrogens is 128 g/mol. The number of aliphatic hydroxyl groups excluding tert-OH is 1. The third-order valence-electron chi connectivity index (χ3n) is 2.07. The van der Waals surface area contributed by atoms with E-state index in [2.05, 4.69) is 13.8 Å². The summed E-state index contributed by atoms with van der Waals surface area (Å²) in [5.41, 5.74) is 0. The van der Waals surface area contributed by atoms with Gasteiger partial charge in [0.25, 0.3) is 0 Å². The van der Waals surface area contributed by atoms with Gasteiger partial charge in [0.2, 0.25) is 0 Å². The maximum absolute atomic E-state index is 9.16. The van der Waals surface area contributed by atoms with E-state index in [1.165, 1.54) is 0 Å². The second-order valence-corrected chi connectivity index (χ2v) is 3.20. The lowest BCUT2D eigenvalue weighted by Gasteiger charge is -2.30. The molecule has 1 aliphatic rings. The van der Waals surface area contributed by atoms with Gasteiger partial charge in [0.05, 0.1) is 6.10 Å². The van der Waals surface area contributed by atoms with Gasteiger partial charge in [-0.25, -0.2) is 0 Å². The Balaban J connectivity index is 2.35. The number of ether oxygens (including phenoxy) is 1. The normalized spacial score (nSPS) is 41.7. The van der Waals surface area contributed by atoms with Crippen LogP contribution in [-0.4, -0.2) is 17.5 Å². The molecule has 0 bridgehead atoms. The zero-order valence-corrected chi connectivity index (χ0v) is 6.71. The highest BCUT2D eigenvalue weighted by atomic mass is 16.6. The number of hydrogen-bond donors (Lipinski definition) is 1.